The molecule has 302 valence electrons. The average molecular weight is 756 g/mol. The Morgan fingerprint density at radius 2 is 0.784 bits per heavy atom. The highest BCUT2D eigenvalue weighted by molar-refractivity contribution is 4.70. The smallest absolute Gasteiger partial charge is 0.243 e. The minimum Gasteiger partial charge on any atom is -1.00 e. The second-order valence-electron chi connectivity index (χ2n) is 15.7. The molecule has 0 saturated carbocycles. The van der Waals surface area contributed by atoms with Crippen LogP contribution < -0.4 is 33.9 Å². The number of rotatable bonds is 35. The summed E-state index contributed by atoms with van der Waals surface area (Å²) in [5.74, 6) is 0.862. The monoisotopic (exact) mass is 755 g/mol. The first kappa shape index (κ1) is 52.1. The van der Waals surface area contributed by atoms with Gasteiger partial charge in [0, 0.05) is 0 Å². The van der Waals surface area contributed by atoms with Gasteiger partial charge >= 0.3 is 0 Å². The zero-order chi connectivity index (χ0) is 35.3. The van der Waals surface area contributed by atoms with E-state index in [2.05, 4.69) is 53.7 Å². The van der Waals surface area contributed by atoms with Crippen LogP contribution in [0, 0.1) is 5.92 Å². The van der Waals surface area contributed by atoms with Gasteiger partial charge in [-0.15, -0.1) is 0 Å². The van der Waals surface area contributed by atoms with Gasteiger partial charge in [-0.25, -0.2) is 13.7 Å². The summed E-state index contributed by atoms with van der Waals surface area (Å²) in [5.41, 5.74) is 0. The van der Waals surface area contributed by atoms with Crippen molar-refractivity contribution in [2.45, 2.75) is 232 Å². The SMILES string of the molecule is CCCCCCCCCCCCCCCCCCC(CCCCCCCCCCCCCCCCC)Cn1cc[n+](C)c1.C[n+]1cc[nH]c1.[Cl-].[Cl-]. The number of unbranched alkanes of at least 4 members (excludes halogenated alkanes) is 29. The van der Waals surface area contributed by atoms with Gasteiger partial charge in [0.15, 0.2) is 0 Å². The maximum Gasteiger partial charge on any atom is 0.243 e. The van der Waals surface area contributed by atoms with E-state index in [4.69, 9.17) is 0 Å². The number of aromatic nitrogens is 4. The van der Waals surface area contributed by atoms with Crippen molar-refractivity contribution in [3.05, 3.63) is 37.4 Å². The van der Waals surface area contributed by atoms with Crippen LogP contribution in [0.3, 0.4) is 0 Å². The molecule has 1 N–H and O–H groups in total. The van der Waals surface area contributed by atoms with Crippen LogP contribution in [-0.4, -0.2) is 9.55 Å². The largest absolute Gasteiger partial charge is 1.00 e. The molecule has 0 amide bonds. The summed E-state index contributed by atoms with van der Waals surface area (Å²) in [4.78, 5) is 2.89. The highest BCUT2D eigenvalue weighted by Crippen LogP contribution is 2.22. The van der Waals surface area contributed by atoms with Crippen LogP contribution in [-0.2, 0) is 20.6 Å². The van der Waals surface area contributed by atoms with Gasteiger partial charge in [-0.05, 0) is 18.8 Å². The summed E-state index contributed by atoms with van der Waals surface area (Å²) in [5, 5.41) is 0. The number of H-pyrrole nitrogens is 1. The van der Waals surface area contributed by atoms with Crippen molar-refractivity contribution >= 4 is 0 Å². The van der Waals surface area contributed by atoms with Crippen molar-refractivity contribution in [2.24, 2.45) is 20.0 Å². The summed E-state index contributed by atoms with van der Waals surface area (Å²) in [6, 6.07) is 0. The predicted octanol–water partition coefficient (Wildman–Crippen LogP) is 7.69. The minimum absolute atomic E-state index is 0. The lowest BCUT2D eigenvalue weighted by Gasteiger charge is -2.15. The maximum absolute atomic E-state index is 2.89. The van der Waals surface area contributed by atoms with Crippen molar-refractivity contribution in [3.63, 3.8) is 0 Å². The van der Waals surface area contributed by atoms with E-state index in [-0.39, 0.29) is 24.8 Å². The second-order valence-corrected chi connectivity index (χ2v) is 15.7. The number of nitrogens with zero attached hydrogens (tertiary/aromatic N) is 3. The Kier molecular flexibility index (Phi) is 42.7. The maximum atomic E-state index is 2.89. The molecule has 2 aromatic heterocycles. The molecule has 0 saturated heterocycles. The zero-order valence-corrected chi connectivity index (χ0v) is 36.2. The molecule has 0 fully saturated rings. The van der Waals surface area contributed by atoms with E-state index in [9.17, 15) is 0 Å². The summed E-state index contributed by atoms with van der Waals surface area (Å²) in [6.45, 7) is 5.84. The van der Waals surface area contributed by atoms with Crippen molar-refractivity contribution in [2.75, 3.05) is 0 Å². The third-order valence-electron chi connectivity index (χ3n) is 10.7. The number of imidazole rings is 2. The first-order valence-corrected chi connectivity index (χ1v) is 22.1. The molecule has 0 aromatic carbocycles. The molecule has 2 rings (SSSR count). The number of hydrogen-bond acceptors (Lipinski definition) is 0. The fraction of sp³-hybridized carbons (Fsp3) is 0.867. The summed E-state index contributed by atoms with van der Waals surface area (Å²) >= 11 is 0. The van der Waals surface area contributed by atoms with E-state index in [0.29, 0.717) is 0 Å². The van der Waals surface area contributed by atoms with E-state index in [1.54, 1.807) is 0 Å². The first-order valence-electron chi connectivity index (χ1n) is 22.1. The Balaban J connectivity index is 0. The summed E-state index contributed by atoms with van der Waals surface area (Å²) in [7, 11) is 4.12. The van der Waals surface area contributed by atoms with Crippen molar-refractivity contribution < 1.29 is 33.9 Å². The van der Waals surface area contributed by atoms with E-state index < -0.39 is 0 Å². The number of aromatic amines is 1. The van der Waals surface area contributed by atoms with E-state index in [1.807, 2.05) is 30.3 Å². The molecule has 1 unspecified atom stereocenters. The van der Waals surface area contributed by atoms with Crippen LogP contribution in [0.1, 0.15) is 226 Å². The molecule has 2 heterocycles. The molecule has 51 heavy (non-hydrogen) atoms. The Morgan fingerprint density at radius 3 is 1.02 bits per heavy atom. The van der Waals surface area contributed by atoms with Gasteiger partial charge in [0.1, 0.15) is 24.8 Å². The second kappa shape index (κ2) is 41.8. The topological polar surface area (TPSA) is 28.5 Å². The van der Waals surface area contributed by atoms with E-state index >= 15 is 0 Å². The molecule has 0 bridgehead atoms. The molecule has 6 heteroatoms. The van der Waals surface area contributed by atoms with Crippen molar-refractivity contribution in [1.82, 2.24) is 9.55 Å². The molecule has 4 nitrogen and oxygen atoms in total. The quantitative estimate of drug-likeness (QED) is 0.0553. The highest BCUT2D eigenvalue weighted by atomic mass is 35.5. The van der Waals surface area contributed by atoms with Gasteiger partial charge in [0.05, 0.1) is 20.6 Å². The fourth-order valence-corrected chi connectivity index (χ4v) is 7.38. The number of halogens is 2. The Morgan fingerprint density at radius 1 is 0.451 bits per heavy atom. The number of nitrogens with one attached hydrogen (secondary N) is 1. The van der Waals surface area contributed by atoms with Crippen molar-refractivity contribution in [3.8, 4) is 0 Å². The van der Waals surface area contributed by atoms with Gasteiger partial charge in [-0.2, -0.15) is 0 Å². The average Bonchev–Trinajstić information content (AvgIpc) is 3.76. The van der Waals surface area contributed by atoms with E-state index in [0.717, 1.165) is 5.92 Å². The van der Waals surface area contributed by atoms with Crippen LogP contribution in [0.2, 0.25) is 0 Å². The number of aryl methyl sites for hydroxylation is 2. The van der Waals surface area contributed by atoms with Gasteiger partial charge < -0.3 is 24.8 Å². The minimum atomic E-state index is 0. The number of hydrogen-bond donors (Lipinski definition) is 1. The lowest BCUT2D eigenvalue weighted by atomic mass is 9.93. The molecule has 0 radical (unpaired) electrons. The third-order valence-corrected chi connectivity index (χ3v) is 10.7. The molecule has 0 aliphatic rings. The Hall–Kier alpha value is -1.00. The van der Waals surface area contributed by atoms with Crippen LogP contribution >= 0.6 is 0 Å². The lowest BCUT2D eigenvalue weighted by molar-refractivity contribution is -0.671. The highest BCUT2D eigenvalue weighted by Gasteiger charge is 2.13. The Bertz CT molecular complexity index is 885. The lowest BCUT2D eigenvalue weighted by Crippen LogP contribution is -3.00. The molecule has 0 spiro atoms. The molecular weight excluding hydrogens is 667 g/mol. The molecule has 0 aliphatic carbocycles. The van der Waals surface area contributed by atoms with Crippen LogP contribution in [0.5, 0.6) is 0 Å². The first-order chi connectivity index (χ1) is 24.2. The normalized spacial score (nSPS) is 11.5. The van der Waals surface area contributed by atoms with Gasteiger partial charge in [0.25, 0.3) is 0 Å². The van der Waals surface area contributed by atoms with Crippen LogP contribution in [0.4, 0.5) is 0 Å². The molecule has 0 aliphatic heterocycles. The molecular formula is C45H88Cl2N4. The fourth-order valence-electron chi connectivity index (χ4n) is 7.38. The molecule has 1 atom stereocenters. The zero-order valence-electron chi connectivity index (χ0n) is 34.7. The summed E-state index contributed by atoms with van der Waals surface area (Å²) < 4.78 is 6.57. The van der Waals surface area contributed by atoms with Crippen LogP contribution in [0.25, 0.3) is 0 Å². The van der Waals surface area contributed by atoms with Crippen LogP contribution in [0.15, 0.2) is 37.4 Å². The van der Waals surface area contributed by atoms with Gasteiger partial charge in [-0.1, -0.05) is 213 Å². The van der Waals surface area contributed by atoms with Gasteiger partial charge in [-0.3, -0.25) is 4.98 Å². The van der Waals surface area contributed by atoms with E-state index in [1.165, 1.54) is 218 Å². The Labute approximate surface area is 332 Å². The summed E-state index contributed by atoms with van der Waals surface area (Å²) in [6.07, 6.45) is 60.5. The third kappa shape index (κ3) is 37.1. The molecule has 2 aromatic rings. The predicted molar refractivity (Wildman–Crippen MR) is 215 cm³/mol. The van der Waals surface area contributed by atoms with Gasteiger partial charge in [0.2, 0.25) is 12.7 Å². The standard InChI is InChI=1S/C41H81N2.C4H6N2.2ClH/c1-4-6-8-10-12-14-16-18-20-22-24-26-28-30-32-34-36-41(39-43-38-37-42(3)40-43)35-33-31-29-27-25-23-21-19-17-15-13-11-9-7-5-2;1-6-3-2-5-4-6;;/h37-38,40-41H,4-36,39H2,1-3H3;2-4H,1H3;2*1H/q+1;;;/p-1. The van der Waals surface area contributed by atoms with Crippen molar-refractivity contribution in [1.29, 1.82) is 0 Å².